The molecule has 138 valence electrons. The minimum absolute atomic E-state index is 0.244. The molecule has 0 saturated heterocycles. The molecule has 26 heavy (non-hydrogen) atoms. The van der Waals surface area contributed by atoms with Crippen LogP contribution in [0, 0.1) is 11.7 Å². The average molecular weight is 356 g/mol. The van der Waals surface area contributed by atoms with E-state index in [0.29, 0.717) is 30.8 Å². The molecule has 0 spiro atoms. The molecule has 1 aromatic carbocycles. The average Bonchev–Trinajstić information content (AvgIpc) is 3.47. The third kappa shape index (κ3) is 6.02. The second-order valence-electron chi connectivity index (χ2n) is 6.44. The first-order chi connectivity index (χ1) is 12.7. The van der Waals surface area contributed by atoms with Gasteiger partial charge in [-0.05, 0) is 55.0 Å². The smallest absolute Gasteiger partial charge is 0.213 e. The molecule has 3 rings (SSSR count). The van der Waals surface area contributed by atoms with Crippen LogP contribution in [-0.4, -0.2) is 24.1 Å². The van der Waals surface area contributed by atoms with Gasteiger partial charge in [0.05, 0.1) is 13.2 Å². The van der Waals surface area contributed by atoms with Crippen LogP contribution in [0.3, 0.4) is 0 Å². The van der Waals surface area contributed by atoms with E-state index in [1.807, 2.05) is 25.1 Å². The van der Waals surface area contributed by atoms with Crippen molar-refractivity contribution in [3.63, 3.8) is 0 Å². The van der Waals surface area contributed by atoms with Crippen molar-refractivity contribution in [2.24, 2.45) is 10.9 Å². The molecule has 1 heterocycles. The van der Waals surface area contributed by atoms with Gasteiger partial charge in [0.1, 0.15) is 5.82 Å². The van der Waals surface area contributed by atoms with E-state index in [1.54, 1.807) is 12.3 Å². The van der Waals surface area contributed by atoms with Crippen LogP contribution < -0.4 is 15.4 Å². The van der Waals surface area contributed by atoms with Crippen molar-refractivity contribution in [3.8, 4) is 5.88 Å². The first-order valence-corrected chi connectivity index (χ1v) is 9.07. The quantitative estimate of drug-likeness (QED) is 0.563. The van der Waals surface area contributed by atoms with Gasteiger partial charge in [-0.1, -0.05) is 12.1 Å². The van der Waals surface area contributed by atoms with Gasteiger partial charge in [0.15, 0.2) is 5.96 Å². The minimum Gasteiger partial charge on any atom is -0.477 e. The zero-order valence-corrected chi connectivity index (χ0v) is 15.0. The molecule has 1 fully saturated rings. The molecule has 2 N–H and O–H groups in total. The Bertz CT molecular complexity index is 746. The van der Waals surface area contributed by atoms with Gasteiger partial charge in [-0.2, -0.15) is 0 Å². The van der Waals surface area contributed by atoms with Crippen LogP contribution in [0.4, 0.5) is 4.39 Å². The van der Waals surface area contributed by atoms with Gasteiger partial charge in [-0.15, -0.1) is 0 Å². The monoisotopic (exact) mass is 356 g/mol. The number of hydrogen-bond donors (Lipinski definition) is 2. The van der Waals surface area contributed by atoms with E-state index in [1.165, 1.54) is 25.0 Å². The predicted octanol–water partition coefficient (Wildman–Crippen LogP) is 3.26. The van der Waals surface area contributed by atoms with Gasteiger partial charge in [0, 0.05) is 25.4 Å². The molecule has 1 aromatic heterocycles. The normalized spacial score (nSPS) is 14.2. The Hall–Kier alpha value is -2.63. The minimum atomic E-state index is -0.244. The zero-order chi connectivity index (χ0) is 18.2. The van der Waals surface area contributed by atoms with E-state index in [0.717, 1.165) is 24.3 Å². The van der Waals surface area contributed by atoms with E-state index in [-0.39, 0.29) is 5.82 Å². The van der Waals surface area contributed by atoms with Gasteiger partial charge in [0.2, 0.25) is 5.88 Å². The van der Waals surface area contributed by atoms with Crippen molar-refractivity contribution >= 4 is 5.96 Å². The summed E-state index contributed by atoms with van der Waals surface area (Å²) in [7, 11) is 0. The number of nitrogens with zero attached hydrogens (tertiary/aromatic N) is 2. The van der Waals surface area contributed by atoms with Crippen LogP contribution >= 0.6 is 0 Å². The van der Waals surface area contributed by atoms with E-state index in [4.69, 9.17) is 4.74 Å². The molecule has 1 aliphatic rings. The van der Waals surface area contributed by atoms with Crippen molar-refractivity contribution in [2.75, 3.05) is 13.2 Å². The molecule has 5 nitrogen and oxygen atoms in total. The fraction of sp³-hybridized carbons (Fsp3) is 0.400. The van der Waals surface area contributed by atoms with Gasteiger partial charge < -0.3 is 15.4 Å². The molecular formula is C20H25FN4O. The lowest BCUT2D eigenvalue weighted by Crippen LogP contribution is -2.36. The van der Waals surface area contributed by atoms with Crippen LogP contribution in [-0.2, 0) is 13.1 Å². The third-order valence-electron chi connectivity index (χ3n) is 4.08. The lowest BCUT2D eigenvalue weighted by atomic mass is 10.2. The van der Waals surface area contributed by atoms with Gasteiger partial charge in [-0.3, -0.25) is 0 Å². The summed E-state index contributed by atoms with van der Waals surface area (Å²) in [5.74, 6) is 1.81. The third-order valence-corrected chi connectivity index (χ3v) is 4.08. The van der Waals surface area contributed by atoms with Crippen LogP contribution in [0.2, 0.25) is 0 Å². The first-order valence-electron chi connectivity index (χ1n) is 9.07. The van der Waals surface area contributed by atoms with Crippen LogP contribution in [0.15, 0.2) is 47.6 Å². The Kier molecular flexibility index (Phi) is 6.41. The highest BCUT2D eigenvalue weighted by Crippen LogP contribution is 2.29. The number of aromatic nitrogens is 1. The Morgan fingerprint density at radius 3 is 2.88 bits per heavy atom. The summed E-state index contributed by atoms with van der Waals surface area (Å²) in [6.45, 7) is 4.54. The maximum Gasteiger partial charge on any atom is 0.213 e. The van der Waals surface area contributed by atoms with E-state index < -0.39 is 0 Å². The fourth-order valence-corrected chi connectivity index (χ4v) is 2.46. The number of rotatable bonds is 8. The Labute approximate surface area is 153 Å². The van der Waals surface area contributed by atoms with E-state index >= 15 is 0 Å². The molecule has 6 heteroatoms. The van der Waals surface area contributed by atoms with Crippen LogP contribution in [0.1, 0.15) is 30.9 Å². The van der Waals surface area contributed by atoms with Crippen molar-refractivity contribution in [3.05, 3.63) is 59.5 Å². The van der Waals surface area contributed by atoms with Crippen molar-refractivity contribution < 1.29 is 9.13 Å². The topological polar surface area (TPSA) is 58.5 Å². The Morgan fingerprint density at radius 1 is 1.23 bits per heavy atom. The number of guanidine groups is 1. The first kappa shape index (κ1) is 18.2. The van der Waals surface area contributed by atoms with Crippen LogP contribution in [0.25, 0.3) is 0 Å². The lowest BCUT2D eigenvalue weighted by molar-refractivity contribution is 0.288. The molecule has 0 unspecified atom stereocenters. The second-order valence-corrected chi connectivity index (χ2v) is 6.44. The maximum atomic E-state index is 13.3. The molecule has 0 radical (unpaired) electrons. The van der Waals surface area contributed by atoms with E-state index in [9.17, 15) is 4.39 Å². The zero-order valence-electron chi connectivity index (χ0n) is 15.0. The van der Waals surface area contributed by atoms with Crippen molar-refractivity contribution in [1.82, 2.24) is 15.6 Å². The second kappa shape index (κ2) is 9.17. The predicted molar refractivity (Wildman–Crippen MR) is 101 cm³/mol. The molecule has 0 bridgehead atoms. The van der Waals surface area contributed by atoms with Gasteiger partial charge >= 0.3 is 0 Å². The number of benzene rings is 1. The van der Waals surface area contributed by atoms with Crippen molar-refractivity contribution in [2.45, 2.75) is 32.9 Å². The van der Waals surface area contributed by atoms with Crippen LogP contribution in [0.5, 0.6) is 5.88 Å². The summed E-state index contributed by atoms with van der Waals surface area (Å²) >= 11 is 0. The molecule has 1 saturated carbocycles. The standard InChI is InChI=1S/C20H25FN4O/c1-2-22-20(24-12-16-4-3-5-18(21)10-16)25-13-17-8-9-23-19(11-17)26-14-15-6-7-15/h3-5,8-11,15H,2,6-7,12-14H2,1H3,(H2,22,24,25). The van der Waals surface area contributed by atoms with Crippen molar-refractivity contribution in [1.29, 1.82) is 0 Å². The summed E-state index contributed by atoms with van der Waals surface area (Å²) < 4.78 is 19.0. The summed E-state index contributed by atoms with van der Waals surface area (Å²) in [4.78, 5) is 8.77. The molecule has 0 amide bonds. The van der Waals surface area contributed by atoms with Gasteiger partial charge in [0.25, 0.3) is 0 Å². The number of aliphatic imine (C=N–C) groups is 1. The number of pyridine rings is 1. The largest absolute Gasteiger partial charge is 0.477 e. The highest BCUT2D eigenvalue weighted by Gasteiger charge is 2.22. The van der Waals surface area contributed by atoms with Gasteiger partial charge in [-0.25, -0.2) is 14.4 Å². The summed E-state index contributed by atoms with van der Waals surface area (Å²) in [5, 5.41) is 6.49. The molecule has 1 aliphatic carbocycles. The highest BCUT2D eigenvalue weighted by molar-refractivity contribution is 5.79. The SMILES string of the molecule is CCNC(=NCc1cccc(F)c1)NCc1ccnc(OCC2CC2)c1. The lowest BCUT2D eigenvalue weighted by Gasteiger charge is -2.12. The number of nitrogens with one attached hydrogen (secondary N) is 2. The Balaban J connectivity index is 1.55. The molecule has 0 atom stereocenters. The number of ether oxygens (including phenoxy) is 1. The molecule has 2 aromatic rings. The summed E-state index contributed by atoms with van der Waals surface area (Å²) in [5.41, 5.74) is 1.91. The molecule has 0 aliphatic heterocycles. The maximum absolute atomic E-state index is 13.3. The Morgan fingerprint density at radius 2 is 2.12 bits per heavy atom. The number of halogens is 1. The molecular weight excluding hydrogens is 331 g/mol. The highest BCUT2D eigenvalue weighted by atomic mass is 19.1. The fourth-order valence-electron chi connectivity index (χ4n) is 2.46. The summed E-state index contributed by atoms with van der Waals surface area (Å²) in [6, 6.07) is 10.4. The number of hydrogen-bond acceptors (Lipinski definition) is 3. The van der Waals surface area contributed by atoms with E-state index in [2.05, 4.69) is 20.6 Å². The summed E-state index contributed by atoms with van der Waals surface area (Å²) in [6.07, 6.45) is 4.28.